The summed E-state index contributed by atoms with van der Waals surface area (Å²) in [6.45, 7) is 2.07. The lowest BCUT2D eigenvalue weighted by atomic mass is 10.2. The second kappa shape index (κ2) is 7.07. The first-order valence-corrected chi connectivity index (χ1v) is 7.26. The molecule has 0 bridgehead atoms. The van der Waals surface area contributed by atoms with Crippen molar-refractivity contribution in [2.24, 2.45) is 0 Å². The minimum absolute atomic E-state index is 0.202. The van der Waals surface area contributed by atoms with Crippen LogP contribution in [-0.4, -0.2) is 36.2 Å². The lowest BCUT2D eigenvalue weighted by Crippen LogP contribution is -2.24. The molecular weight excluding hydrogens is 274 g/mol. The van der Waals surface area contributed by atoms with Gasteiger partial charge in [-0.15, -0.1) is 0 Å². The molecule has 1 N–H and O–H groups in total. The standard InChI is InChI=1S/C15H17NO3S/c1-16(10-12-6-9-20-11-12)7-8-19-14-5-3-2-4-13(14)15(17)18/h2-6,9,11H,7-8,10H2,1H3,(H,17,18). The molecule has 106 valence electrons. The molecule has 0 aliphatic carbocycles. The smallest absolute Gasteiger partial charge is 0.339 e. The Balaban J connectivity index is 1.82. The third-order valence-electron chi connectivity index (χ3n) is 2.88. The molecule has 2 rings (SSSR count). The first-order valence-electron chi connectivity index (χ1n) is 6.31. The van der Waals surface area contributed by atoms with E-state index in [9.17, 15) is 4.79 Å². The third kappa shape index (κ3) is 4.08. The number of para-hydroxylation sites is 1. The fraction of sp³-hybridized carbons (Fsp3) is 0.267. The van der Waals surface area contributed by atoms with Gasteiger partial charge in [-0.05, 0) is 41.6 Å². The minimum atomic E-state index is -0.966. The molecule has 0 aliphatic rings. The van der Waals surface area contributed by atoms with Crippen molar-refractivity contribution in [3.05, 3.63) is 52.2 Å². The second-order valence-corrected chi connectivity index (χ2v) is 5.30. The Bertz CT molecular complexity index is 554. The van der Waals surface area contributed by atoms with Crippen LogP contribution in [0, 0.1) is 0 Å². The van der Waals surface area contributed by atoms with Crippen LogP contribution in [0.2, 0.25) is 0 Å². The van der Waals surface area contributed by atoms with Gasteiger partial charge >= 0.3 is 5.97 Å². The van der Waals surface area contributed by atoms with E-state index < -0.39 is 5.97 Å². The summed E-state index contributed by atoms with van der Waals surface area (Å²) >= 11 is 1.68. The molecule has 0 radical (unpaired) electrons. The lowest BCUT2D eigenvalue weighted by molar-refractivity contribution is 0.0691. The van der Waals surface area contributed by atoms with Crippen LogP contribution >= 0.6 is 11.3 Å². The Labute approximate surface area is 122 Å². The number of hydrogen-bond donors (Lipinski definition) is 1. The summed E-state index contributed by atoms with van der Waals surface area (Å²) in [7, 11) is 2.02. The molecule has 5 heteroatoms. The van der Waals surface area contributed by atoms with Gasteiger partial charge in [-0.25, -0.2) is 4.79 Å². The number of rotatable bonds is 7. The van der Waals surface area contributed by atoms with Crippen molar-refractivity contribution >= 4 is 17.3 Å². The van der Waals surface area contributed by atoms with Crippen molar-refractivity contribution in [3.63, 3.8) is 0 Å². The fourth-order valence-corrected chi connectivity index (χ4v) is 2.51. The highest BCUT2D eigenvalue weighted by Crippen LogP contribution is 2.17. The van der Waals surface area contributed by atoms with Gasteiger partial charge in [0.15, 0.2) is 0 Å². The van der Waals surface area contributed by atoms with Crippen LogP contribution in [0.1, 0.15) is 15.9 Å². The van der Waals surface area contributed by atoms with Gasteiger partial charge in [0.25, 0.3) is 0 Å². The van der Waals surface area contributed by atoms with Gasteiger partial charge in [0.1, 0.15) is 17.9 Å². The fourth-order valence-electron chi connectivity index (χ4n) is 1.85. The van der Waals surface area contributed by atoms with E-state index in [1.165, 1.54) is 5.56 Å². The van der Waals surface area contributed by atoms with Gasteiger partial charge in [0.05, 0.1) is 0 Å². The molecule has 1 heterocycles. The summed E-state index contributed by atoms with van der Waals surface area (Å²) < 4.78 is 5.57. The number of aromatic carboxylic acids is 1. The average Bonchev–Trinajstić information content (AvgIpc) is 2.92. The molecule has 1 aromatic carbocycles. The molecular formula is C15H17NO3S. The molecule has 0 aliphatic heterocycles. The molecule has 2 aromatic rings. The highest BCUT2D eigenvalue weighted by Gasteiger charge is 2.10. The van der Waals surface area contributed by atoms with Crippen molar-refractivity contribution in [2.75, 3.05) is 20.2 Å². The zero-order valence-electron chi connectivity index (χ0n) is 11.3. The van der Waals surface area contributed by atoms with E-state index in [-0.39, 0.29) is 5.56 Å². The molecule has 4 nitrogen and oxygen atoms in total. The summed E-state index contributed by atoms with van der Waals surface area (Å²) in [6.07, 6.45) is 0. The van der Waals surface area contributed by atoms with Crippen LogP contribution in [-0.2, 0) is 6.54 Å². The van der Waals surface area contributed by atoms with Crippen LogP contribution in [0.15, 0.2) is 41.1 Å². The van der Waals surface area contributed by atoms with E-state index in [0.717, 1.165) is 13.1 Å². The quantitative estimate of drug-likeness (QED) is 0.852. The number of benzene rings is 1. The summed E-state index contributed by atoms with van der Waals surface area (Å²) in [4.78, 5) is 13.2. The monoisotopic (exact) mass is 291 g/mol. The van der Waals surface area contributed by atoms with Gasteiger partial charge in [0, 0.05) is 13.1 Å². The zero-order valence-corrected chi connectivity index (χ0v) is 12.1. The van der Waals surface area contributed by atoms with Crippen molar-refractivity contribution in [1.29, 1.82) is 0 Å². The zero-order chi connectivity index (χ0) is 14.4. The highest BCUT2D eigenvalue weighted by molar-refractivity contribution is 7.07. The van der Waals surface area contributed by atoms with Crippen molar-refractivity contribution in [2.45, 2.75) is 6.54 Å². The summed E-state index contributed by atoms with van der Waals surface area (Å²) in [5, 5.41) is 13.2. The van der Waals surface area contributed by atoms with Crippen LogP contribution in [0.25, 0.3) is 0 Å². The minimum Gasteiger partial charge on any atom is -0.491 e. The van der Waals surface area contributed by atoms with Gasteiger partial charge in [0.2, 0.25) is 0 Å². The number of ether oxygens (including phenoxy) is 1. The molecule has 0 fully saturated rings. The van der Waals surface area contributed by atoms with Gasteiger partial charge in [-0.2, -0.15) is 11.3 Å². The predicted molar refractivity (Wildman–Crippen MR) is 79.5 cm³/mol. The third-order valence-corrected chi connectivity index (χ3v) is 3.61. The molecule has 20 heavy (non-hydrogen) atoms. The van der Waals surface area contributed by atoms with E-state index in [4.69, 9.17) is 9.84 Å². The van der Waals surface area contributed by atoms with Crippen molar-refractivity contribution in [1.82, 2.24) is 4.90 Å². The largest absolute Gasteiger partial charge is 0.491 e. The van der Waals surface area contributed by atoms with Crippen LogP contribution in [0.5, 0.6) is 5.75 Å². The van der Waals surface area contributed by atoms with E-state index in [0.29, 0.717) is 12.4 Å². The van der Waals surface area contributed by atoms with Crippen LogP contribution in [0.4, 0.5) is 0 Å². The number of likely N-dealkylation sites (N-methyl/N-ethyl adjacent to an activating group) is 1. The van der Waals surface area contributed by atoms with Gasteiger partial charge in [-0.3, -0.25) is 4.90 Å². The second-order valence-electron chi connectivity index (χ2n) is 4.52. The van der Waals surface area contributed by atoms with E-state index in [1.807, 2.05) is 7.05 Å². The number of carboxylic acid groups (broad SMARTS) is 1. The number of hydrogen-bond acceptors (Lipinski definition) is 4. The summed E-state index contributed by atoms with van der Waals surface area (Å²) in [6, 6.07) is 8.80. The molecule has 0 unspecified atom stereocenters. The molecule has 0 saturated carbocycles. The van der Waals surface area contributed by atoms with Crippen LogP contribution in [0.3, 0.4) is 0 Å². The Kier molecular flexibility index (Phi) is 5.15. The topological polar surface area (TPSA) is 49.8 Å². The summed E-state index contributed by atoms with van der Waals surface area (Å²) in [5.41, 5.74) is 1.48. The van der Waals surface area contributed by atoms with Gasteiger partial charge in [-0.1, -0.05) is 12.1 Å². The highest BCUT2D eigenvalue weighted by atomic mass is 32.1. The predicted octanol–water partition coefficient (Wildman–Crippen LogP) is 2.96. The molecule has 0 atom stereocenters. The first kappa shape index (κ1) is 14.6. The Morgan fingerprint density at radius 3 is 2.85 bits per heavy atom. The van der Waals surface area contributed by atoms with Gasteiger partial charge < -0.3 is 9.84 Å². The Morgan fingerprint density at radius 2 is 2.15 bits per heavy atom. The number of thiophene rings is 1. The van der Waals surface area contributed by atoms with E-state index >= 15 is 0 Å². The van der Waals surface area contributed by atoms with Crippen LogP contribution < -0.4 is 4.74 Å². The maximum atomic E-state index is 11.0. The number of carbonyl (C=O) groups is 1. The lowest BCUT2D eigenvalue weighted by Gasteiger charge is -2.16. The molecule has 0 amide bonds. The molecule has 0 saturated heterocycles. The Hall–Kier alpha value is -1.85. The van der Waals surface area contributed by atoms with E-state index in [1.54, 1.807) is 35.6 Å². The maximum absolute atomic E-state index is 11.0. The van der Waals surface area contributed by atoms with Crippen molar-refractivity contribution < 1.29 is 14.6 Å². The first-order chi connectivity index (χ1) is 9.66. The SMILES string of the molecule is CN(CCOc1ccccc1C(=O)O)Cc1ccsc1. The molecule has 1 aromatic heterocycles. The number of carboxylic acids is 1. The number of nitrogens with zero attached hydrogens (tertiary/aromatic N) is 1. The maximum Gasteiger partial charge on any atom is 0.339 e. The van der Waals surface area contributed by atoms with E-state index in [2.05, 4.69) is 21.7 Å². The van der Waals surface area contributed by atoms with Crippen molar-refractivity contribution in [3.8, 4) is 5.75 Å². The molecule has 0 spiro atoms. The average molecular weight is 291 g/mol. The normalized spacial score (nSPS) is 10.7. The summed E-state index contributed by atoms with van der Waals surface area (Å²) in [5.74, 6) is -0.545. The Morgan fingerprint density at radius 1 is 1.35 bits per heavy atom.